The number of para-hydroxylation sites is 3. The van der Waals surface area contributed by atoms with E-state index in [0.717, 1.165) is 6.07 Å². The van der Waals surface area contributed by atoms with Gasteiger partial charge in [-0.2, -0.15) is 0 Å². The number of benzene rings is 3. The highest BCUT2D eigenvalue weighted by Crippen LogP contribution is 2.30. The zero-order valence-corrected chi connectivity index (χ0v) is 17.3. The Labute approximate surface area is 181 Å². The average molecular weight is 457 g/mol. The monoisotopic (exact) mass is 456 g/mol. The largest absolute Gasteiger partial charge is 0.336 e. The van der Waals surface area contributed by atoms with Crippen LogP contribution in [0.15, 0.2) is 77.7 Å². The first-order valence-electron chi connectivity index (χ1n) is 8.91. The number of hydrogen-bond donors (Lipinski definition) is 3. The predicted molar refractivity (Wildman–Crippen MR) is 117 cm³/mol. The molecule has 156 valence electrons. The van der Waals surface area contributed by atoms with Gasteiger partial charge in [-0.25, -0.2) is 23.6 Å². The van der Waals surface area contributed by atoms with E-state index < -0.39 is 14.9 Å². The van der Waals surface area contributed by atoms with Crippen molar-refractivity contribution in [3.05, 3.63) is 82.7 Å². The maximum absolute atomic E-state index is 12.9. The van der Waals surface area contributed by atoms with Gasteiger partial charge in [-0.05, 0) is 30.3 Å². The quantitative estimate of drug-likeness (QED) is 0.361. The molecule has 0 unspecified atom stereocenters. The Kier molecular flexibility index (Phi) is 5.40. The molecule has 0 radical (unpaired) electrons. The molecule has 0 aliphatic carbocycles. The number of halogens is 1. The molecule has 0 atom stereocenters. The molecular weight excluding hydrogens is 442 g/mol. The summed E-state index contributed by atoms with van der Waals surface area (Å²) in [5, 5.41) is 12.5. The molecule has 11 heteroatoms. The second-order valence-corrected chi connectivity index (χ2v) is 8.48. The number of fused-ring (bicyclic) bond motifs is 1. The van der Waals surface area contributed by atoms with Gasteiger partial charge in [-0.15, -0.1) is 0 Å². The van der Waals surface area contributed by atoms with Crippen LogP contribution in [0, 0.1) is 4.91 Å². The van der Waals surface area contributed by atoms with Gasteiger partial charge in [0.15, 0.2) is 11.6 Å². The van der Waals surface area contributed by atoms with E-state index in [4.69, 9.17) is 16.8 Å². The first-order chi connectivity index (χ1) is 14.8. The van der Waals surface area contributed by atoms with Crippen molar-refractivity contribution in [3.63, 3.8) is 0 Å². The smallest absolute Gasteiger partial charge is 0.317 e. The van der Waals surface area contributed by atoms with Crippen LogP contribution in [0.5, 0.6) is 0 Å². The molecule has 0 aliphatic heterocycles. The second kappa shape index (κ2) is 8.17. The summed E-state index contributed by atoms with van der Waals surface area (Å²) in [6.45, 7) is 0. The highest BCUT2D eigenvalue weighted by molar-refractivity contribution is 7.92. The van der Waals surface area contributed by atoms with Gasteiger partial charge in [-0.1, -0.05) is 41.9 Å². The molecule has 4 aromatic rings. The molecule has 0 fully saturated rings. The topological polar surface area (TPSA) is 124 Å². The number of anilines is 3. The van der Waals surface area contributed by atoms with E-state index in [1.54, 1.807) is 48.5 Å². The van der Waals surface area contributed by atoms with Gasteiger partial charge in [0, 0.05) is 12.1 Å². The summed E-state index contributed by atoms with van der Waals surface area (Å²) in [5.74, 6) is 0.0751. The number of hydrogen-bond acceptors (Lipinski definition) is 6. The third-order valence-corrected chi connectivity index (χ3v) is 5.94. The third-order valence-electron chi connectivity index (χ3n) is 4.28. The maximum atomic E-state index is 12.9. The zero-order valence-electron chi connectivity index (χ0n) is 15.7. The number of aromatic nitrogens is 2. The van der Waals surface area contributed by atoms with E-state index in [0.29, 0.717) is 21.7 Å². The summed E-state index contributed by atoms with van der Waals surface area (Å²) in [7, 11) is -4.17. The average Bonchev–Trinajstić information content (AvgIpc) is 2.75. The molecule has 3 aromatic carbocycles. The van der Waals surface area contributed by atoms with Gasteiger partial charge in [0.2, 0.25) is 0 Å². The molecule has 0 amide bonds. The summed E-state index contributed by atoms with van der Waals surface area (Å²) in [6.07, 6.45) is 0. The van der Waals surface area contributed by atoms with Gasteiger partial charge in [0.1, 0.15) is 0 Å². The van der Waals surface area contributed by atoms with E-state index in [2.05, 4.69) is 20.0 Å². The van der Waals surface area contributed by atoms with Gasteiger partial charge < -0.3 is 5.32 Å². The van der Waals surface area contributed by atoms with Crippen LogP contribution in [0.4, 0.5) is 23.0 Å². The fourth-order valence-electron chi connectivity index (χ4n) is 2.80. The summed E-state index contributed by atoms with van der Waals surface area (Å²) in [5.41, 5.74) is 1.30. The van der Waals surface area contributed by atoms with Crippen LogP contribution in [-0.4, -0.2) is 28.5 Å². The minimum Gasteiger partial charge on any atom is -0.336 e. The Bertz CT molecular complexity index is 1410. The molecule has 4 rings (SSSR count). The lowest BCUT2D eigenvalue weighted by atomic mass is 10.3. The van der Waals surface area contributed by atoms with Crippen molar-refractivity contribution in [2.45, 2.75) is 4.90 Å². The van der Waals surface area contributed by atoms with Crippen molar-refractivity contribution in [2.24, 2.45) is 0 Å². The Morgan fingerprint density at radius 3 is 2.19 bits per heavy atom. The summed E-state index contributed by atoms with van der Waals surface area (Å²) in [4.78, 5) is 19.3. The Hall–Kier alpha value is -3.76. The van der Waals surface area contributed by atoms with Crippen molar-refractivity contribution in [1.82, 2.24) is 9.97 Å². The third kappa shape index (κ3) is 4.39. The maximum Gasteiger partial charge on any atom is 0.317 e. The molecule has 1 heterocycles. The molecule has 0 saturated heterocycles. The van der Waals surface area contributed by atoms with Crippen molar-refractivity contribution in [3.8, 4) is 0 Å². The van der Waals surface area contributed by atoms with Crippen LogP contribution in [-0.2, 0) is 10.0 Å². The standard InChI is InChI=1S/C20H15ClN5O4S/c21-15-8-1-2-9-16(15)22-19-20(24-18-11-4-3-10-17(18)23-19)25-31(29,30)14-7-5-6-13(12-14)26(27)28/h1-12H,(H,22,23)(H,24,25)(H,27,28)/q+1. The highest BCUT2D eigenvalue weighted by Gasteiger charge is 2.22. The fourth-order valence-corrected chi connectivity index (χ4v) is 4.04. The molecule has 9 nitrogen and oxygen atoms in total. The fraction of sp³-hybridized carbons (Fsp3) is 0. The van der Waals surface area contributed by atoms with Crippen molar-refractivity contribution >= 4 is 55.7 Å². The zero-order chi connectivity index (χ0) is 22.0. The Morgan fingerprint density at radius 2 is 1.52 bits per heavy atom. The highest BCUT2D eigenvalue weighted by atomic mass is 35.5. The van der Waals surface area contributed by atoms with Gasteiger partial charge in [0.25, 0.3) is 14.9 Å². The van der Waals surface area contributed by atoms with Crippen LogP contribution in [0.3, 0.4) is 0 Å². The molecule has 1 aromatic heterocycles. The summed E-state index contributed by atoms with van der Waals surface area (Å²) < 4.78 is 28.3. The molecule has 0 saturated carbocycles. The van der Waals surface area contributed by atoms with E-state index in [1.165, 1.54) is 18.2 Å². The molecule has 31 heavy (non-hydrogen) atoms. The number of sulfonamides is 1. The van der Waals surface area contributed by atoms with E-state index in [9.17, 15) is 13.3 Å². The van der Waals surface area contributed by atoms with Gasteiger partial charge in [-0.3, -0.25) is 4.72 Å². The molecule has 0 spiro atoms. The SMILES string of the molecule is O=[N+](O)c1cccc(S(=O)(=O)Nc2nc3ccccc3nc2Nc2ccccc2Cl)c1. The number of nitrogens with one attached hydrogen (secondary N) is 2. The van der Waals surface area contributed by atoms with E-state index in [1.807, 2.05) is 0 Å². The van der Waals surface area contributed by atoms with Crippen LogP contribution in [0.1, 0.15) is 0 Å². The van der Waals surface area contributed by atoms with Crippen LogP contribution in [0.2, 0.25) is 5.02 Å². The van der Waals surface area contributed by atoms with E-state index in [-0.39, 0.29) is 22.2 Å². The van der Waals surface area contributed by atoms with Crippen molar-refractivity contribution in [1.29, 1.82) is 0 Å². The number of nitrogens with zero attached hydrogens (tertiary/aromatic N) is 3. The Balaban J connectivity index is 1.79. The lowest BCUT2D eigenvalue weighted by Gasteiger charge is -2.14. The molecule has 0 aliphatic rings. The number of rotatable bonds is 6. The van der Waals surface area contributed by atoms with Crippen molar-refractivity contribution < 1.29 is 18.5 Å². The lowest BCUT2D eigenvalue weighted by Crippen LogP contribution is -2.16. The summed E-state index contributed by atoms with van der Waals surface area (Å²) in [6, 6.07) is 18.8. The minimum atomic E-state index is -4.17. The first kappa shape index (κ1) is 20.5. The Morgan fingerprint density at radius 1 is 0.871 bits per heavy atom. The minimum absolute atomic E-state index is 0.0630. The lowest BCUT2D eigenvalue weighted by molar-refractivity contribution is -0.729. The van der Waals surface area contributed by atoms with E-state index >= 15 is 0 Å². The predicted octanol–water partition coefficient (Wildman–Crippen LogP) is 4.63. The van der Waals surface area contributed by atoms with Crippen LogP contribution < -0.4 is 10.0 Å². The first-order valence-corrected chi connectivity index (χ1v) is 10.8. The summed E-state index contributed by atoms with van der Waals surface area (Å²) >= 11 is 6.21. The molecule has 3 N–H and O–H groups in total. The van der Waals surface area contributed by atoms with Crippen LogP contribution >= 0.6 is 11.6 Å². The molecule has 0 bridgehead atoms. The second-order valence-electron chi connectivity index (χ2n) is 6.39. The van der Waals surface area contributed by atoms with Gasteiger partial charge in [0.05, 0.1) is 31.5 Å². The van der Waals surface area contributed by atoms with Crippen LogP contribution in [0.25, 0.3) is 11.0 Å². The van der Waals surface area contributed by atoms with Crippen molar-refractivity contribution in [2.75, 3.05) is 10.0 Å². The molecular formula is C20H15ClN5O4S+. The van der Waals surface area contributed by atoms with Gasteiger partial charge >= 0.3 is 5.69 Å². The normalized spacial score (nSPS) is 11.3.